The van der Waals surface area contributed by atoms with Crippen LogP contribution in [-0.2, 0) is 11.2 Å². The van der Waals surface area contributed by atoms with Crippen molar-refractivity contribution in [3.8, 4) is 0 Å². The lowest BCUT2D eigenvalue weighted by molar-refractivity contribution is -0.384. The summed E-state index contributed by atoms with van der Waals surface area (Å²) in [5.41, 5.74) is 1.85. The van der Waals surface area contributed by atoms with E-state index >= 15 is 0 Å². The van der Waals surface area contributed by atoms with Crippen molar-refractivity contribution in [1.82, 2.24) is 0 Å². The molecule has 5 nitrogen and oxygen atoms in total. The first-order valence-corrected chi connectivity index (χ1v) is 9.73. The van der Waals surface area contributed by atoms with E-state index in [1.165, 1.54) is 18.9 Å². The van der Waals surface area contributed by atoms with E-state index in [1.807, 2.05) is 13.8 Å². The SMILES string of the molecule is CC1(C)Cc2cc(Cl)c([N+](=O)[O-])cc2C(CC(=O)C2CCCCCC2)=N1. The molecule has 2 aliphatic rings. The monoisotopic (exact) mass is 376 g/mol. The van der Waals surface area contributed by atoms with Gasteiger partial charge in [0, 0.05) is 24.0 Å². The van der Waals surface area contributed by atoms with Crippen LogP contribution in [0.5, 0.6) is 0 Å². The number of hydrogen-bond donors (Lipinski definition) is 0. The zero-order valence-electron chi connectivity index (χ0n) is 15.4. The Morgan fingerprint density at radius 1 is 1.27 bits per heavy atom. The van der Waals surface area contributed by atoms with Crippen molar-refractivity contribution >= 4 is 28.8 Å². The van der Waals surface area contributed by atoms with Gasteiger partial charge in [-0.2, -0.15) is 0 Å². The van der Waals surface area contributed by atoms with Gasteiger partial charge in [0.05, 0.1) is 16.2 Å². The molecule has 0 atom stereocenters. The molecule has 3 rings (SSSR count). The second kappa shape index (κ2) is 7.47. The molecule has 1 aromatic rings. The van der Waals surface area contributed by atoms with Crippen molar-refractivity contribution in [2.24, 2.45) is 10.9 Å². The Morgan fingerprint density at radius 2 is 1.92 bits per heavy atom. The third-order valence-electron chi connectivity index (χ3n) is 5.39. The second-order valence-electron chi connectivity index (χ2n) is 8.10. The standard InChI is InChI=1S/C20H25ClN2O3/c1-20(2)12-14-9-16(21)18(23(25)26)10-15(14)17(22-20)11-19(24)13-7-5-3-4-6-8-13/h9-10,13H,3-8,11-12H2,1-2H3. The summed E-state index contributed by atoms with van der Waals surface area (Å²) in [4.78, 5) is 28.4. The number of halogens is 1. The van der Waals surface area contributed by atoms with Gasteiger partial charge in [0.25, 0.3) is 5.69 Å². The molecule has 0 N–H and O–H groups in total. The molecule has 0 bridgehead atoms. The molecule has 1 heterocycles. The van der Waals surface area contributed by atoms with E-state index in [1.54, 1.807) is 6.07 Å². The van der Waals surface area contributed by atoms with E-state index in [4.69, 9.17) is 16.6 Å². The van der Waals surface area contributed by atoms with Crippen LogP contribution in [0.25, 0.3) is 0 Å². The third-order valence-corrected chi connectivity index (χ3v) is 5.70. The van der Waals surface area contributed by atoms with Crippen molar-refractivity contribution in [3.05, 3.63) is 38.4 Å². The number of aliphatic imine (C=N–C) groups is 1. The summed E-state index contributed by atoms with van der Waals surface area (Å²) in [6, 6.07) is 3.16. The van der Waals surface area contributed by atoms with Crippen molar-refractivity contribution in [1.29, 1.82) is 0 Å². The average Bonchev–Trinajstić information content (AvgIpc) is 2.82. The molecule has 0 saturated heterocycles. The maximum Gasteiger partial charge on any atom is 0.288 e. The highest BCUT2D eigenvalue weighted by atomic mass is 35.5. The Balaban J connectivity index is 1.93. The van der Waals surface area contributed by atoms with Crippen LogP contribution in [0.4, 0.5) is 5.69 Å². The molecule has 1 aromatic carbocycles. The molecular formula is C20H25ClN2O3. The van der Waals surface area contributed by atoms with E-state index in [0.29, 0.717) is 17.7 Å². The molecule has 0 unspecified atom stereocenters. The number of carbonyl (C=O) groups excluding carboxylic acids is 1. The fourth-order valence-electron chi connectivity index (χ4n) is 4.13. The first-order valence-electron chi connectivity index (χ1n) is 9.35. The van der Waals surface area contributed by atoms with E-state index in [9.17, 15) is 14.9 Å². The Bertz CT molecular complexity index is 763. The molecule has 6 heteroatoms. The maximum absolute atomic E-state index is 12.9. The Hall–Kier alpha value is -1.75. The molecule has 140 valence electrons. The summed E-state index contributed by atoms with van der Waals surface area (Å²) >= 11 is 6.09. The summed E-state index contributed by atoms with van der Waals surface area (Å²) in [6.45, 7) is 4.03. The van der Waals surface area contributed by atoms with E-state index < -0.39 is 4.92 Å². The van der Waals surface area contributed by atoms with Crippen LogP contribution in [0.15, 0.2) is 17.1 Å². The fourth-order valence-corrected chi connectivity index (χ4v) is 4.39. The lowest BCUT2D eigenvalue weighted by Gasteiger charge is -2.29. The minimum Gasteiger partial charge on any atom is -0.299 e. The van der Waals surface area contributed by atoms with E-state index in [2.05, 4.69) is 0 Å². The van der Waals surface area contributed by atoms with Crippen LogP contribution in [0.1, 0.15) is 69.9 Å². The largest absolute Gasteiger partial charge is 0.299 e. The summed E-state index contributed by atoms with van der Waals surface area (Å²) in [5, 5.41) is 11.4. The molecule has 1 fully saturated rings. The highest BCUT2D eigenvalue weighted by Crippen LogP contribution is 2.35. The van der Waals surface area contributed by atoms with Gasteiger partial charge in [-0.15, -0.1) is 0 Å². The van der Waals surface area contributed by atoms with Gasteiger partial charge in [-0.3, -0.25) is 19.9 Å². The Morgan fingerprint density at radius 3 is 2.54 bits per heavy atom. The van der Waals surface area contributed by atoms with Gasteiger partial charge in [-0.05, 0) is 44.7 Å². The van der Waals surface area contributed by atoms with Crippen LogP contribution in [0.3, 0.4) is 0 Å². The molecule has 0 spiro atoms. The Kier molecular flexibility index (Phi) is 5.47. The number of rotatable bonds is 4. The lowest BCUT2D eigenvalue weighted by Crippen LogP contribution is -2.31. The minimum absolute atomic E-state index is 0.0935. The highest BCUT2D eigenvalue weighted by Gasteiger charge is 2.31. The van der Waals surface area contributed by atoms with Crippen molar-refractivity contribution in [2.45, 2.75) is 70.8 Å². The second-order valence-corrected chi connectivity index (χ2v) is 8.50. The predicted molar refractivity (Wildman–Crippen MR) is 103 cm³/mol. The normalized spacial score (nSPS) is 20.0. The van der Waals surface area contributed by atoms with Gasteiger partial charge >= 0.3 is 0 Å². The molecular weight excluding hydrogens is 352 g/mol. The quantitative estimate of drug-likeness (QED) is 0.406. The molecule has 1 aliphatic carbocycles. The summed E-state index contributed by atoms with van der Waals surface area (Å²) < 4.78 is 0. The molecule has 0 amide bonds. The zero-order chi connectivity index (χ0) is 18.9. The van der Waals surface area contributed by atoms with E-state index in [-0.39, 0.29) is 34.4 Å². The average molecular weight is 377 g/mol. The third kappa shape index (κ3) is 4.14. The lowest BCUT2D eigenvalue weighted by atomic mass is 9.83. The summed E-state index contributed by atoms with van der Waals surface area (Å²) in [5.74, 6) is 0.308. The van der Waals surface area contributed by atoms with Crippen LogP contribution in [0, 0.1) is 16.0 Å². The Labute approximate surface area is 159 Å². The minimum atomic E-state index is -0.479. The van der Waals surface area contributed by atoms with Crippen LogP contribution >= 0.6 is 11.6 Å². The molecule has 26 heavy (non-hydrogen) atoms. The number of Topliss-reactive ketones (excluding diaryl/α,β-unsaturated/α-hetero) is 1. The van der Waals surface area contributed by atoms with Gasteiger partial charge in [-0.1, -0.05) is 37.3 Å². The molecule has 1 aliphatic heterocycles. The molecule has 0 aromatic heterocycles. The van der Waals surface area contributed by atoms with Gasteiger partial charge in [0.1, 0.15) is 10.8 Å². The number of nitro benzene ring substituents is 1. The topological polar surface area (TPSA) is 72.6 Å². The molecule has 1 saturated carbocycles. The highest BCUT2D eigenvalue weighted by molar-refractivity contribution is 6.33. The number of nitrogens with zero attached hydrogens (tertiary/aromatic N) is 2. The van der Waals surface area contributed by atoms with Gasteiger partial charge in [-0.25, -0.2) is 0 Å². The van der Waals surface area contributed by atoms with E-state index in [0.717, 1.165) is 31.2 Å². The molecule has 0 radical (unpaired) electrons. The van der Waals surface area contributed by atoms with Gasteiger partial charge in [0.2, 0.25) is 0 Å². The van der Waals surface area contributed by atoms with Crippen LogP contribution in [0.2, 0.25) is 5.02 Å². The van der Waals surface area contributed by atoms with Gasteiger partial charge in [0.15, 0.2) is 0 Å². The van der Waals surface area contributed by atoms with Crippen molar-refractivity contribution < 1.29 is 9.72 Å². The van der Waals surface area contributed by atoms with Crippen LogP contribution in [-0.4, -0.2) is 22.0 Å². The first-order chi connectivity index (χ1) is 12.3. The maximum atomic E-state index is 12.9. The van der Waals surface area contributed by atoms with Crippen molar-refractivity contribution in [2.75, 3.05) is 0 Å². The van der Waals surface area contributed by atoms with Gasteiger partial charge < -0.3 is 0 Å². The smallest absolute Gasteiger partial charge is 0.288 e. The summed E-state index contributed by atoms with van der Waals surface area (Å²) in [6.07, 6.45) is 7.40. The van der Waals surface area contributed by atoms with Crippen LogP contribution < -0.4 is 0 Å². The number of ketones is 1. The number of benzene rings is 1. The van der Waals surface area contributed by atoms with Crippen molar-refractivity contribution in [3.63, 3.8) is 0 Å². The first kappa shape index (κ1) is 19.0. The number of carbonyl (C=O) groups is 1. The summed E-state index contributed by atoms with van der Waals surface area (Å²) in [7, 11) is 0. The number of nitro groups is 1. The number of hydrogen-bond acceptors (Lipinski definition) is 4. The zero-order valence-corrected chi connectivity index (χ0v) is 16.1. The predicted octanol–water partition coefficient (Wildman–Crippen LogP) is 5.30. The fraction of sp³-hybridized carbons (Fsp3) is 0.600. The number of fused-ring (bicyclic) bond motifs is 1.